The molecule has 3 rings (SSSR count). The highest BCUT2D eigenvalue weighted by Crippen LogP contribution is 2.49. The van der Waals surface area contributed by atoms with Crippen LogP contribution in [0, 0.1) is 0 Å². The second-order valence-corrected chi connectivity index (χ2v) is 6.60. The van der Waals surface area contributed by atoms with Crippen molar-refractivity contribution in [1.82, 2.24) is 0 Å². The standard InChI is InChI=1S/C14H12Cl3NO5/c15-6-1-5-8(2-7(6)16)18-13(17)14(5,4-20)12-11(22)10(21)9(3-19)23-12/h1-2,4,9-12,19,21-22H,3H2/t9-,10-,11-,12?,14?/m1/s1. The highest BCUT2D eigenvalue weighted by Gasteiger charge is 2.59. The molecule has 2 heterocycles. The number of hydrogen-bond donors (Lipinski definition) is 3. The molecule has 5 atom stereocenters. The summed E-state index contributed by atoms with van der Waals surface area (Å²) >= 11 is 18.2. The van der Waals surface area contributed by atoms with E-state index in [-0.39, 0.29) is 15.2 Å². The first-order chi connectivity index (χ1) is 10.9. The molecule has 0 saturated carbocycles. The molecule has 1 aromatic carbocycles. The predicted octanol–water partition coefficient (Wildman–Crippen LogP) is 1.19. The van der Waals surface area contributed by atoms with E-state index in [9.17, 15) is 20.1 Å². The minimum absolute atomic E-state index is 0.129. The number of ether oxygens (including phenoxy) is 1. The van der Waals surface area contributed by atoms with E-state index in [1.165, 1.54) is 12.1 Å². The molecule has 2 aliphatic heterocycles. The van der Waals surface area contributed by atoms with Gasteiger partial charge in [-0.1, -0.05) is 34.8 Å². The number of carbonyl (C=O) groups is 1. The fourth-order valence-electron chi connectivity index (χ4n) is 3.00. The van der Waals surface area contributed by atoms with E-state index in [0.717, 1.165) is 0 Å². The lowest BCUT2D eigenvalue weighted by atomic mass is 9.76. The average molecular weight is 381 g/mol. The van der Waals surface area contributed by atoms with Crippen molar-refractivity contribution in [1.29, 1.82) is 0 Å². The number of benzene rings is 1. The lowest BCUT2D eigenvalue weighted by molar-refractivity contribution is -0.117. The van der Waals surface area contributed by atoms with E-state index >= 15 is 0 Å². The van der Waals surface area contributed by atoms with Gasteiger partial charge in [-0.05, 0) is 12.1 Å². The molecule has 0 aliphatic carbocycles. The van der Waals surface area contributed by atoms with Crippen LogP contribution >= 0.6 is 34.8 Å². The van der Waals surface area contributed by atoms with Gasteiger partial charge in [0.2, 0.25) is 0 Å². The van der Waals surface area contributed by atoms with E-state index in [2.05, 4.69) is 4.99 Å². The first-order valence-electron chi connectivity index (χ1n) is 6.69. The number of hydrogen-bond acceptors (Lipinski definition) is 6. The number of nitrogens with zero attached hydrogens (tertiary/aromatic N) is 1. The number of aliphatic hydroxyl groups is 3. The van der Waals surface area contributed by atoms with Crippen molar-refractivity contribution in [2.75, 3.05) is 6.61 Å². The third kappa shape index (κ3) is 2.33. The number of halogens is 3. The van der Waals surface area contributed by atoms with Crippen molar-refractivity contribution < 1.29 is 24.9 Å². The molecule has 6 nitrogen and oxygen atoms in total. The van der Waals surface area contributed by atoms with Gasteiger partial charge in [0, 0.05) is 5.56 Å². The zero-order chi connectivity index (χ0) is 16.9. The molecule has 0 spiro atoms. The van der Waals surface area contributed by atoms with Crippen LogP contribution in [0.4, 0.5) is 5.69 Å². The van der Waals surface area contributed by atoms with E-state index in [4.69, 9.17) is 39.5 Å². The van der Waals surface area contributed by atoms with Crippen molar-refractivity contribution in [3.8, 4) is 0 Å². The van der Waals surface area contributed by atoms with Gasteiger partial charge in [0.05, 0.1) is 22.3 Å². The Balaban J connectivity index is 2.15. The molecule has 2 unspecified atom stereocenters. The van der Waals surface area contributed by atoms with Gasteiger partial charge in [0.25, 0.3) is 0 Å². The largest absolute Gasteiger partial charge is 0.394 e. The number of fused-ring (bicyclic) bond motifs is 1. The number of aliphatic hydroxyl groups excluding tert-OH is 3. The molecule has 0 radical (unpaired) electrons. The minimum atomic E-state index is -1.63. The molecule has 9 heteroatoms. The maximum absolute atomic E-state index is 12.0. The second kappa shape index (κ2) is 5.97. The van der Waals surface area contributed by atoms with Crippen molar-refractivity contribution in [2.24, 2.45) is 4.99 Å². The van der Waals surface area contributed by atoms with Crippen molar-refractivity contribution in [3.63, 3.8) is 0 Å². The van der Waals surface area contributed by atoms with Gasteiger partial charge in [0.15, 0.2) is 0 Å². The number of aldehydes is 1. The first-order valence-corrected chi connectivity index (χ1v) is 7.83. The highest BCUT2D eigenvalue weighted by molar-refractivity contribution is 6.70. The number of rotatable bonds is 3. The maximum atomic E-state index is 12.0. The molecule has 23 heavy (non-hydrogen) atoms. The Morgan fingerprint density at radius 1 is 1.22 bits per heavy atom. The monoisotopic (exact) mass is 379 g/mol. The fourth-order valence-corrected chi connectivity index (χ4v) is 3.66. The Morgan fingerprint density at radius 2 is 1.87 bits per heavy atom. The van der Waals surface area contributed by atoms with Gasteiger partial charge in [-0.2, -0.15) is 0 Å². The summed E-state index contributed by atoms with van der Waals surface area (Å²) in [5.74, 6) is 0. The Morgan fingerprint density at radius 3 is 2.43 bits per heavy atom. The molecule has 3 N–H and O–H groups in total. The summed E-state index contributed by atoms with van der Waals surface area (Å²) in [6, 6.07) is 2.88. The van der Waals surface area contributed by atoms with Gasteiger partial charge in [-0.25, -0.2) is 4.99 Å². The summed E-state index contributed by atoms with van der Waals surface area (Å²) in [6.07, 6.45) is -4.57. The van der Waals surface area contributed by atoms with Crippen LogP contribution in [0.25, 0.3) is 0 Å². The number of carbonyl (C=O) groups excluding carboxylic acids is 1. The van der Waals surface area contributed by atoms with Crippen LogP contribution in [0.1, 0.15) is 5.56 Å². The third-order valence-corrected chi connectivity index (χ3v) is 5.34. The zero-order valence-electron chi connectivity index (χ0n) is 11.5. The van der Waals surface area contributed by atoms with Crippen LogP contribution in [-0.2, 0) is 14.9 Å². The molecule has 1 saturated heterocycles. The molecule has 0 aromatic heterocycles. The minimum Gasteiger partial charge on any atom is -0.394 e. The summed E-state index contributed by atoms with van der Waals surface area (Å²) < 4.78 is 5.49. The predicted molar refractivity (Wildman–Crippen MR) is 84.9 cm³/mol. The molecule has 0 amide bonds. The first kappa shape index (κ1) is 17.1. The fraction of sp³-hybridized carbons (Fsp3) is 0.429. The lowest BCUT2D eigenvalue weighted by Crippen LogP contribution is -2.50. The highest BCUT2D eigenvalue weighted by atomic mass is 35.5. The molecule has 2 aliphatic rings. The van der Waals surface area contributed by atoms with Gasteiger partial charge in [0.1, 0.15) is 41.3 Å². The SMILES string of the molecule is O=CC1(C2O[C@H](CO)[C@@H](O)[C@H]2O)C(Cl)=Nc2cc(Cl)c(Cl)cc21. The van der Waals surface area contributed by atoms with Crippen LogP contribution < -0.4 is 0 Å². The van der Waals surface area contributed by atoms with Crippen LogP contribution in [0.15, 0.2) is 17.1 Å². The third-order valence-electron chi connectivity index (χ3n) is 4.22. The van der Waals surface area contributed by atoms with Crippen LogP contribution in [0.5, 0.6) is 0 Å². The smallest absolute Gasteiger partial charge is 0.140 e. The molecule has 1 aromatic rings. The Hall–Kier alpha value is -0.730. The Kier molecular flexibility index (Phi) is 4.44. The van der Waals surface area contributed by atoms with E-state index in [1.807, 2.05) is 0 Å². The average Bonchev–Trinajstić information content (AvgIpc) is 2.95. The normalized spacial score (nSPS) is 36.0. The van der Waals surface area contributed by atoms with E-state index < -0.39 is 36.4 Å². The van der Waals surface area contributed by atoms with Crippen LogP contribution in [0.2, 0.25) is 10.0 Å². The topological polar surface area (TPSA) is 99.4 Å². The maximum Gasteiger partial charge on any atom is 0.140 e. The van der Waals surface area contributed by atoms with Gasteiger partial charge < -0.3 is 24.9 Å². The molecule has 1 fully saturated rings. The Labute approximate surface area is 146 Å². The lowest BCUT2D eigenvalue weighted by Gasteiger charge is -2.31. The summed E-state index contributed by atoms with van der Waals surface area (Å²) in [7, 11) is 0. The molecular weight excluding hydrogens is 369 g/mol. The van der Waals surface area contributed by atoms with Gasteiger partial charge in [-0.3, -0.25) is 0 Å². The second-order valence-electron chi connectivity index (χ2n) is 5.43. The zero-order valence-corrected chi connectivity index (χ0v) is 13.8. The van der Waals surface area contributed by atoms with Crippen molar-refractivity contribution >= 4 is 51.9 Å². The van der Waals surface area contributed by atoms with Crippen molar-refractivity contribution in [2.45, 2.75) is 29.8 Å². The van der Waals surface area contributed by atoms with Crippen LogP contribution in [-0.4, -0.2) is 57.8 Å². The molecule has 0 bridgehead atoms. The van der Waals surface area contributed by atoms with E-state index in [0.29, 0.717) is 17.5 Å². The van der Waals surface area contributed by atoms with Gasteiger partial charge in [-0.15, -0.1) is 0 Å². The van der Waals surface area contributed by atoms with Crippen molar-refractivity contribution in [3.05, 3.63) is 27.7 Å². The quantitative estimate of drug-likeness (QED) is 0.684. The summed E-state index contributed by atoms with van der Waals surface area (Å²) in [5.41, 5.74) is -0.980. The molecular formula is C14H12Cl3NO5. The molecule has 124 valence electrons. The summed E-state index contributed by atoms with van der Waals surface area (Å²) in [4.78, 5) is 16.1. The van der Waals surface area contributed by atoms with E-state index in [1.54, 1.807) is 0 Å². The van der Waals surface area contributed by atoms with Gasteiger partial charge >= 0.3 is 0 Å². The Bertz CT molecular complexity index is 697. The van der Waals surface area contributed by atoms with Crippen LogP contribution in [0.3, 0.4) is 0 Å². The summed E-state index contributed by atoms with van der Waals surface area (Å²) in [6.45, 7) is -0.521. The number of aliphatic imine (C=N–C) groups is 1. The summed E-state index contributed by atoms with van der Waals surface area (Å²) in [5, 5.41) is 29.7.